The van der Waals surface area contributed by atoms with Gasteiger partial charge in [-0.15, -0.1) is 11.3 Å². The summed E-state index contributed by atoms with van der Waals surface area (Å²) in [6.45, 7) is 12.3. The van der Waals surface area contributed by atoms with Crippen LogP contribution < -0.4 is 16.2 Å². The molecule has 1 aliphatic rings. The lowest BCUT2D eigenvalue weighted by molar-refractivity contribution is 0.471. The maximum absolute atomic E-state index is 13.2. The van der Waals surface area contributed by atoms with E-state index in [1.54, 1.807) is 22.2 Å². The fraction of sp³-hybridized carbons (Fsp3) is 0.417. The smallest absolute Gasteiger partial charge is 0.278 e. The van der Waals surface area contributed by atoms with Gasteiger partial charge in [0, 0.05) is 35.3 Å². The number of hydrogen-bond donors (Lipinski definition) is 2. The minimum absolute atomic E-state index is 0.0582. The van der Waals surface area contributed by atoms with Crippen molar-refractivity contribution < 1.29 is 0 Å². The van der Waals surface area contributed by atoms with Crippen LogP contribution in [-0.4, -0.2) is 30.9 Å². The van der Waals surface area contributed by atoms with Gasteiger partial charge in [-0.1, -0.05) is 26.8 Å². The first-order valence-corrected chi connectivity index (χ1v) is 12.2. The lowest BCUT2D eigenvalue weighted by Crippen LogP contribution is -2.24. The number of anilines is 2. The molecule has 9 heteroatoms. The van der Waals surface area contributed by atoms with Crippen molar-refractivity contribution in [2.45, 2.75) is 59.0 Å². The summed E-state index contributed by atoms with van der Waals surface area (Å²) in [5, 5.41) is 10.2. The predicted octanol–water partition coefficient (Wildman–Crippen LogP) is 4.31. The molecule has 0 atom stereocenters. The molecular weight excluding hydrogens is 434 g/mol. The summed E-state index contributed by atoms with van der Waals surface area (Å²) in [5.41, 5.74) is 3.97. The molecule has 5 rings (SSSR count). The molecule has 0 fully saturated rings. The third-order valence-corrected chi connectivity index (χ3v) is 7.07. The zero-order valence-corrected chi connectivity index (χ0v) is 20.5. The van der Waals surface area contributed by atoms with Crippen molar-refractivity contribution in [1.29, 1.82) is 0 Å². The summed E-state index contributed by atoms with van der Waals surface area (Å²) in [5.74, 6) is 1.16. The first kappa shape index (κ1) is 21.8. The van der Waals surface area contributed by atoms with Gasteiger partial charge >= 0.3 is 0 Å². The van der Waals surface area contributed by atoms with Crippen LogP contribution in [-0.2, 0) is 18.4 Å². The van der Waals surface area contributed by atoms with Gasteiger partial charge in [0.25, 0.3) is 5.56 Å². The predicted molar refractivity (Wildman–Crippen MR) is 133 cm³/mol. The summed E-state index contributed by atoms with van der Waals surface area (Å²) < 4.78 is 3.54. The summed E-state index contributed by atoms with van der Waals surface area (Å²) in [7, 11) is 0. The van der Waals surface area contributed by atoms with E-state index in [0.717, 1.165) is 30.2 Å². The third kappa shape index (κ3) is 3.95. The second kappa shape index (κ2) is 8.07. The maximum atomic E-state index is 13.2. The van der Waals surface area contributed by atoms with Gasteiger partial charge in [0.2, 0.25) is 5.95 Å². The van der Waals surface area contributed by atoms with E-state index in [1.165, 1.54) is 11.1 Å². The zero-order valence-electron chi connectivity index (χ0n) is 19.6. The molecule has 3 aromatic heterocycles. The monoisotopic (exact) mass is 463 g/mol. The molecule has 33 heavy (non-hydrogen) atoms. The number of thiazole rings is 1. The van der Waals surface area contributed by atoms with Gasteiger partial charge in [-0.05, 0) is 50.1 Å². The first-order valence-electron chi connectivity index (χ1n) is 11.3. The zero-order chi connectivity index (χ0) is 23.3. The molecule has 8 nitrogen and oxygen atoms in total. The summed E-state index contributed by atoms with van der Waals surface area (Å²) in [6, 6.07) is 6.28. The molecule has 0 spiro atoms. The van der Waals surface area contributed by atoms with Crippen LogP contribution in [0, 0.1) is 0 Å². The number of nitrogens with one attached hydrogen (secondary N) is 2. The van der Waals surface area contributed by atoms with E-state index in [-0.39, 0.29) is 17.0 Å². The van der Waals surface area contributed by atoms with Crippen molar-refractivity contribution in [1.82, 2.24) is 29.6 Å². The van der Waals surface area contributed by atoms with Crippen molar-refractivity contribution >= 4 is 34.0 Å². The average molecular weight is 464 g/mol. The van der Waals surface area contributed by atoms with Crippen LogP contribution >= 0.6 is 11.3 Å². The molecule has 1 aliphatic heterocycles. The quantitative estimate of drug-likeness (QED) is 0.469. The second-order valence-corrected chi connectivity index (χ2v) is 10.6. The van der Waals surface area contributed by atoms with Gasteiger partial charge in [-0.25, -0.2) is 19.3 Å². The van der Waals surface area contributed by atoms with E-state index >= 15 is 0 Å². The molecule has 172 valence electrons. The number of rotatable bonds is 4. The highest BCUT2D eigenvalue weighted by Crippen LogP contribution is 2.29. The summed E-state index contributed by atoms with van der Waals surface area (Å²) in [4.78, 5) is 27.3. The molecule has 0 amide bonds. The number of aromatic nitrogens is 5. The van der Waals surface area contributed by atoms with Gasteiger partial charge in [-0.3, -0.25) is 4.79 Å². The minimum atomic E-state index is -0.113. The molecule has 4 aromatic rings. The van der Waals surface area contributed by atoms with Crippen LogP contribution in [0.2, 0.25) is 0 Å². The normalized spacial score (nSPS) is 14.1. The SMILES string of the molecule is CC(C)n1c(=O)c2cnc(Nc3ccc4c(c3)CCNC4)nc2n1-c1csc(C(C)(C)C)n1. The molecular formula is C24H29N7OS. The minimum Gasteiger partial charge on any atom is -0.324 e. The van der Waals surface area contributed by atoms with Gasteiger partial charge in [0.05, 0.1) is 0 Å². The Labute approximate surface area is 196 Å². The van der Waals surface area contributed by atoms with E-state index in [2.05, 4.69) is 48.5 Å². The van der Waals surface area contributed by atoms with Gasteiger partial charge < -0.3 is 10.6 Å². The molecule has 0 aliphatic carbocycles. The van der Waals surface area contributed by atoms with Crippen LogP contribution in [0.15, 0.2) is 34.6 Å². The fourth-order valence-electron chi connectivity index (χ4n) is 4.14. The third-order valence-electron chi connectivity index (χ3n) is 5.81. The molecule has 0 saturated heterocycles. The Hall–Kier alpha value is -3.04. The summed E-state index contributed by atoms with van der Waals surface area (Å²) >= 11 is 1.60. The maximum Gasteiger partial charge on any atom is 0.278 e. The number of nitrogens with zero attached hydrogens (tertiary/aromatic N) is 5. The standard InChI is InChI=1S/C24H29N7OS/c1-14(2)30-21(32)18-12-26-23(27-17-7-6-16-11-25-9-8-15(16)10-17)29-20(18)31(30)19-13-33-22(28-19)24(3,4)5/h6-7,10,12-14,25H,8-9,11H2,1-5H3,(H,26,27,29). The first-order chi connectivity index (χ1) is 15.7. The van der Waals surface area contributed by atoms with Crippen LogP contribution in [0.1, 0.15) is 56.8 Å². The Morgan fingerprint density at radius 2 is 2.00 bits per heavy atom. The van der Waals surface area contributed by atoms with E-state index in [9.17, 15) is 4.79 Å². The Bertz CT molecular complexity index is 1390. The molecule has 4 heterocycles. The molecule has 0 saturated carbocycles. The van der Waals surface area contributed by atoms with E-state index < -0.39 is 0 Å². The average Bonchev–Trinajstić information content (AvgIpc) is 3.37. The second-order valence-electron chi connectivity index (χ2n) is 9.78. The largest absolute Gasteiger partial charge is 0.324 e. The van der Waals surface area contributed by atoms with E-state index in [4.69, 9.17) is 9.97 Å². The molecule has 0 unspecified atom stereocenters. The summed E-state index contributed by atoms with van der Waals surface area (Å²) in [6.07, 6.45) is 2.61. The molecule has 2 N–H and O–H groups in total. The number of benzene rings is 1. The highest BCUT2D eigenvalue weighted by Gasteiger charge is 2.24. The highest BCUT2D eigenvalue weighted by molar-refractivity contribution is 7.10. The Kier molecular flexibility index (Phi) is 5.33. The van der Waals surface area contributed by atoms with Crippen LogP contribution in [0.5, 0.6) is 0 Å². The van der Waals surface area contributed by atoms with Gasteiger partial charge in [0.1, 0.15) is 10.4 Å². The topological polar surface area (TPSA) is 89.7 Å². The van der Waals surface area contributed by atoms with Gasteiger partial charge in [-0.2, -0.15) is 4.98 Å². The van der Waals surface area contributed by atoms with Crippen LogP contribution in [0.3, 0.4) is 0 Å². The van der Waals surface area contributed by atoms with E-state index in [0.29, 0.717) is 22.8 Å². The van der Waals surface area contributed by atoms with Crippen molar-refractivity contribution in [2.24, 2.45) is 0 Å². The molecule has 1 aromatic carbocycles. The highest BCUT2D eigenvalue weighted by atomic mass is 32.1. The molecule has 0 radical (unpaired) electrons. The Morgan fingerprint density at radius 3 is 2.73 bits per heavy atom. The number of fused-ring (bicyclic) bond motifs is 2. The molecule has 0 bridgehead atoms. The van der Waals surface area contributed by atoms with Crippen LogP contribution in [0.25, 0.3) is 16.9 Å². The Balaban J connectivity index is 1.61. The fourth-order valence-corrected chi connectivity index (χ4v) is 5.01. The lowest BCUT2D eigenvalue weighted by Gasteiger charge is -2.18. The van der Waals surface area contributed by atoms with Crippen molar-refractivity contribution in [3.05, 3.63) is 56.3 Å². The van der Waals surface area contributed by atoms with Crippen molar-refractivity contribution in [3.8, 4) is 5.82 Å². The number of hydrogen-bond acceptors (Lipinski definition) is 7. The lowest BCUT2D eigenvalue weighted by atomic mass is 9.98. The van der Waals surface area contributed by atoms with E-state index in [1.807, 2.05) is 30.0 Å². The van der Waals surface area contributed by atoms with Crippen molar-refractivity contribution in [2.75, 3.05) is 11.9 Å². The van der Waals surface area contributed by atoms with Crippen LogP contribution in [0.4, 0.5) is 11.6 Å². The van der Waals surface area contributed by atoms with Gasteiger partial charge in [0.15, 0.2) is 11.5 Å². The van der Waals surface area contributed by atoms with Crippen molar-refractivity contribution in [3.63, 3.8) is 0 Å². The Morgan fingerprint density at radius 1 is 1.18 bits per heavy atom.